The van der Waals surface area contributed by atoms with Crippen molar-refractivity contribution in [3.63, 3.8) is 0 Å². The van der Waals surface area contributed by atoms with Crippen LogP contribution >= 0.6 is 0 Å². The van der Waals surface area contributed by atoms with Crippen LogP contribution in [0.15, 0.2) is 30.4 Å². The van der Waals surface area contributed by atoms with Crippen LogP contribution in [0.1, 0.15) is 91.6 Å². The van der Waals surface area contributed by atoms with Crippen molar-refractivity contribution < 1.29 is 33.3 Å². The first kappa shape index (κ1) is 32.4. The Balaban J connectivity index is 1.71. The smallest absolute Gasteiger partial charge is 0.345 e. The highest BCUT2D eigenvalue weighted by Gasteiger charge is 2.43. The minimum atomic E-state index is -1.85. The quantitative estimate of drug-likeness (QED) is 0.183. The molecule has 2 heterocycles. The number of carbonyl (C=O) groups excluding carboxylic acids is 1. The largest absolute Gasteiger partial charge is 0.508 e. The summed E-state index contributed by atoms with van der Waals surface area (Å²) in [6.07, 6.45) is 8.55. The normalized spacial score (nSPS) is 24.9. The molecule has 1 N–H and O–H groups in total. The van der Waals surface area contributed by atoms with Crippen molar-refractivity contribution in [3.05, 3.63) is 41.5 Å². The SMILES string of the molecule is CC(/C=C\[C@@H](C)[C@H](C)O[Si](C)(C)C(C)(C)C)[C@H]1OC(C)(C)O[C@H]1C/C=C/c1cc(O)cc2c1C(=O)OC(C)(C)O2. The molecule has 0 aromatic heterocycles. The number of aromatic hydroxyl groups is 1. The number of ether oxygens (including phenoxy) is 4. The van der Waals surface area contributed by atoms with Crippen molar-refractivity contribution in [2.24, 2.45) is 11.8 Å². The summed E-state index contributed by atoms with van der Waals surface area (Å²) in [5.74, 6) is -1.59. The fourth-order valence-electron chi connectivity index (χ4n) is 4.80. The molecule has 1 fully saturated rings. The first-order valence-corrected chi connectivity index (χ1v) is 17.3. The third-order valence-corrected chi connectivity index (χ3v) is 12.7. The number of benzene rings is 1. The fraction of sp³-hybridized carbons (Fsp3) is 0.656. The molecule has 1 unspecified atom stereocenters. The number of cyclic esters (lactones) is 1. The van der Waals surface area contributed by atoms with Crippen LogP contribution in [-0.2, 0) is 18.6 Å². The van der Waals surface area contributed by atoms with Gasteiger partial charge in [0.2, 0.25) is 5.79 Å². The molecule has 2 aliphatic rings. The van der Waals surface area contributed by atoms with Crippen molar-refractivity contribution in [1.82, 2.24) is 0 Å². The molecule has 8 heteroatoms. The molecule has 1 aromatic rings. The van der Waals surface area contributed by atoms with Crippen molar-refractivity contribution in [3.8, 4) is 11.5 Å². The summed E-state index contributed by atoms with van der Waals surface area (Å²) in [6, 6.07) is 2.97. The highest BCUT2D eigenvalue weighted by atomic mass is 28.4. The molecule has 0 spiro atoms. The molecule has 5 atom stereocenters. The number of hydrogen-bond donors (Lipinski definition) is 1. The van der Waals surface area contributed by atoms with E-state index in [-0.39, 0.29) is 40.9 Å². The van der Waals surface area contributed by atoms with E-state index in [4.69, 9.17) is 23.4 Å². The predicted molar refractivity (Wildman–Crippen MR) is 161 cm³/mol. The number of fused-ring (bicyclic) bond motifs is 1. The van der Waals surface area contributed by atoms with Crippen molar-refractivity contribution >= 4 is 20.4 Å². The summed E-state index contributed by atoms with van der Waals surface area (Å²) in [7, 11) is -1.85. The second kappa shape index (κ2) is 11.6. The lowest BCUT2D eigenvalue weighted by atomic mass is 9.94. The minimum absolute atomic E-state index is 0.0167. The Hall–Kier alpha value is -2.13. The summed E-state index contributed by atoms with van der Waals surface area (Å²) in [5.41, 5.74) is 0.830. The summed E-state index contributed by atoms with van der Waals surface area (Å²) in [4.78, 5) is 12.7. The Bertz CT molecular complexity index is 1130. The van der Waals surface area contributed by atoms with Gasteiger partial charge in [-0.05, 0) is 62.9 Å². The summed E-state index contributed by atoms with van der Waals surface area (Å²) in [5, 5.41) is 10.4. The van der Waals surface area contributed by atoms with Gasteiger partial charge < -0.3 is 28.5 Å². The van der Waals surface area contributed by atoms with Crippen LogP contribution in [0.5, 0.6) is 11.5 Å². The zero-order valence-corrected chi connectivity index (χ0v) is 27.5. The zero-order valence-electron chi connectivity index (χ0n) is 26.5. The highest BCUT2D eigenvalue weighted by molar-refractivity contribution is 6.74. The number of phenols is 1. The Kier molecular flexibility index (Phi) is 9.41. The van der Waals surface area contributed by atoms with Gasteiger partial charge in [-0.25, -0.2) is 4.79 Å². The molecule has 7 nitrogen and oxygen atoms in total. The Morgan fingerprint density at radius 1 is 1.02 bits per heavy atom. The molecule has 2 aliphatic heterocycles. The van der Waals surface area contributed by atoms with Crippen LogP contribution in [-0.4, -0.2) is 49.3 Å². The lowest BCUT2D eigenvalue weighted by Crippen LogP contribution is -2.44. The van der Waals surface area contributed by atoms with Crippen molar-refractivity contribution in [2.75, 3.05) is 0 Å². The van der Waals surface area contributed by atoms with Gasteiger partial charge in [-0.1, -0.05) is 58.9 Å². The van der Waals surface area contributed by atoms with Gasteiger partial charge in [0.25, 0.3) is 0 Å². The van der Waals surface area contributed by atoms with Gasteiger partial charge >= 0.3 is 5.97 Å². The van der Waals surface area contributed by atoms with E-state index in [9.17, 15) is 9.90 Å². The van der Waals surface area contributed by atoms with Crippen LogP contribution in [0.2, 0.25) is 18.1 Å². The van der Waals surface area contributed by atoms with Crippen LogP contribution in [0.4, 0.5) is 0 Å². The number of hydrogen-bond acceptors (Lipinski definition) is 7. The van der Waals surface area contributed by atoms with Crippen LogP contribution in [0, 0.1) is 11.8 Å². The van der Waals surface area contributed by atoms with Crippen LogP contribution in [0.3, 0.4) is 0 Å². The van der Waals surface area contributed by atoms with Gasteiger partial charge in [0.1, 0.15) is 17.1 Å². The minimum Gasteiger partial charge on any atom is -0.508 e. The molecule has 1 aromatic carbocycles. The molecule has 0 bridgehead atoms. The van der Waals surface area contributed by atoms with Gasteiger partial charge in [0.15, 0.2) is 14.1 Å². The molecule has 0 aliphatic carbocycles. The molecule has 40 heavy (non-hydrogen) atoms. The summed E-state index contributed by atoms with van der Waals surface area (Å²) in [6.45, 7) is 25.0. The van der Waals surface area contributed by atoms with E-state index in [1.165, 1.54) is 12.1 Å². The average Bonchev–Trinajstić information content (AvgIpc) is 3.08. The second-order valence-electron chi connectivity index (χ2n) is 13.8. The van der Waals surface area contributed by atoms with E-state index in [0.717, 1.165) is 0 Å². The van der Waals surface area contributed by atoms with E-state index in [2.05, 4.69) is 66.8 Å². The standard InChI is InChI=1S/C32H50O7Si/c1-20(22(3)39-40(11,12)30(4,5)6)16-17-21(2)28-25(35-31(7,8)37-28)15-13-14-23-18-24(33)19-26-27(23)29(34)38-32(9,10)36-26/h13-14,16-22,25,28,33H,15H2,1-12H3/b14-13+,17-16-/t20-,21?,22+,25+,28-/m1/s1. The van der Waals surface area contributed by atoms with E-state index < -0.39 is 25.9 Å². The summed E-state index contributed by atoms with van der Waals surface area (Å²) >= 11 is 0. The molecule has 1 saturated heterocycles. The lowest BCUT2D eigenvalue weighted by Gasteiger charge is -2.39. The summed E-state index contributed by atoms with van der Waals surface area (Å²) < 4.78 is 30.4. The van der Waals surface area contributed by atoms with E-state index >= 15 is 0 Å². The number of esters is 1. The van der Waals surface area contributed by atoms with Gasteiger partial charge in [0, 0.05) is 31.9 Å². The third kappa shape index (κ3) is 7.78. The van der Waals surface area contributed by atoms with Gasteiger partial charge in [-0.3, -0.25) is 0 Å². The second-order valence-corrected chi connectivity index (χ2v) is 18.5. The van der Waals surface area contributed by atoms with Crippen molar-refractivity contribution in [2.45, 2.75) is 124 Å². The molecule has 224 valence electrons. The van der Waals surface area contributed by atoms with E-state index in [1.807, 2.05) is 19.9 Å². The first-order chi connectivity index (χ1) is 18.2. The molecule has 0 amide bonds. The van der Waals surface area contributed by atoms with Gasteiger partial charge in [-0.2, -0.15) is 0 Å². The lowest BCUT2D eigenvalue weighted by molar-refractivity contribution is -0.148. The average molecular weight is 575 g/mol. The van der Waals surface area contributed by atoms with E-state index in [0.29, 0.717) is 23.3 Å². The maximum atomic E-state index is 12.7. The van der Waals surface area contributed by atoms with E-state index in [1.54, 1.807) is 19.9 Å². The fourth-order valence-corrected chi connectivity index (χ4v) is 6.30. The zero-order chi connectivity index (χ0) is 30.3. The highest BCUT2D eigenvalue weighted by Crippen LogP contribution is 2.40. The Labute approximate surface area is 242 Å². The maximum absolute atomic E-state index is 12.7. The number of phenolic OH excluding ortho intramolecular Hbond substituents is 1. The third-order valence-electron chi connectivity index (χ3n) is 8.17. The van der Waals surface area contributed by atoms with Gasteiger partial charge in [-0.15, -0.1) is 0 Å². The maximum Gasteiger partial charge on any atom is 0.345 e. The number of carbonyl (C=O) groups is 1. The Morgan fingerprint density at radius 2 is 1.68 bits per heavy atom. The topological polar surface area (TPSA) is 83.5 Å². The monoisotopic (exact) mass is 574 g/mol. The molecular weight excluding hydrogens is 524 g/mol. The van der Waals surface area contributed by atoms with Gasteiger partial charge in [0.05, 0.1) is 12.2 Å². The predicted octanol–water partition coefficient (Wildman–Crippen LogP) is 7.84. The van der Waals surface area contributed by atoms with Crippen LogP contribution in [0.25, 0.3) is 6.08 Å². The molecule has 0 saturated carbocycles. The molecule has 3 rings (SSSR count). The van der Waals surface area contributed by atoms with Crippen LogP contribution < -0.4 is 4.74 Å². The Morgan fingerprint density at radius 3 is 2.30 bits per heavy atom. The molecular formula is C32H50O7Si. The number of rotatable bonds is 9. The first-order valence-electron chi connectivity index (χ1n) is 14.4. The van der Waals surface area contributed by atoms with Crippen molar-refractivity contribution in [1.29, 1.82) is 0 Å². The molecule has 0 radical (unpaired) electrons.